The zero-order chi connectivity index (χ0) is 24.5. The van der Waals surface area contributed by atoms with Gasteiger partial charge in [-0.15, -0.1) is 0 Å². The highest BCUT2D eigenvalue weighted by Gasteiger charge is 2.33. The Kier molecular flexibility index (Phi) is 6.96. The molecule has 2 amide bonds. The molecule has 2 heterocycles. The predicted molar refractivity (Wildman–Crippen MR) is 131 cm³/mol. The van der Waals surface area contributed by atoms with E-state index >= 15 is 0 Å². The third-order valence-corrected chi connectivity index (χ3v) is 6.34. The van der Waals surface area contributed by atoms with Gasteiger partial charge >= 0.3 is 0 Å². The summed E-state index contributed by atoms with van der Waals surface area (Å²) in [5.41, 5.74) is 4.25. The van der Waals surface area contributed by atoms with Gasteiger partial charge in [0.25, 0.3) is 11.8 Å². The van der Waals surface area contributed by atoms with Crippen molar-refractivity contribution in [3.63, 3.8) is 0 Å². The van der Waals surface area contributed by atoms with Gasteiger partial charge in [0.2, 0.25) is 0 Å². The highest BCUT2D eigenvalue weighted by atomic mass is 16.5. The number of hydrogen-bond acceptors (Lipinski definition) is 5. The second kappa shape index (κ2) is 9.76. The molecule has 4 rings (SSSR count). The van der Waals surface area contributed by atoms with Gasteiger partial charge in [0.15, 0.2) is 0 Å². The number of rotatable bonds is 7. The second-order valence-electron chi connectivity index (χ2n) is 10.4. The van der Waals surface area contributed by atoms with Crippen LogP contribution < -0.4 is 15.4 Å². The van der Waals surface area contributed by atoms with Crippen LogP contribution in [0.4, 0.5) is 0 Å². The molecule has 2 atom stereocenters. The Balaban J connectivity index is 1.45. The van der Waals surface area contributed by atoms with E-state index in [4.69, 9.17) is 4.74 Å². The van der Waals surface area contributed by atoms with E-state index in [2.05, 4.69) is 43.5 Å². The molecule has 7 heteroatoms. The summed E-state index contributed by atoms with van der Waals surface area (Å²) in [5, 5.41) is 17.0. The molecule has 0 fully saturated rings. The van der Waals surface area contributed by atoms with Crippen LogP contribution in [0.3, 0.4) is 0 Å². The fourth-order valence-electron chi connectivity index (χ4n) is 4.74. The standard InChI is InChI=1S/C27H35N3O4/c1-5-34-24-12-20-19(15-30(26(20)33)16-27(2,3)4)10-21(24)25(32)29-14-23(31)22-11-17-8-6-7-9-18(17)13-28-22/h6-10,12,22-23,28,31H,5,11,13-16H2,1-4H3,(H,29,32). The number of benzene rings is 2. The number of carbonyl (C=O) groups is 2. The molecule has 7 nitrogen and oxygen atoms in total. The summed E-state index contributed by atoms with van der Waals surface area (Å²) in [5.74, 6) is 0.0454. The molecule has 0 saturated heterocycles. The van der Waals surface area contributed by atoms with Crippen molar-refractivity contribution in [2.45, 2.75) is 59.4 Å². The van der Waals surface area contributed by atoms with Gasteiger partial charge in [-0.2, -0.15) is 0 Å². The van der Waals surface area contributed by atoms with Gasteiger partial charge in [0, 0.05) is 37.8 Å². The van der Waals surface area contributed by atoms with Crippen LogP contribution in [0.15, 0.2) is 36.4 Å². The molecule has 2 unspecified atom stereocenters. The molecule has 0 aromatic heterocycles. The van der Waals surface area contributed by atoms with E-state index in [1.54, 1.807) is 12.1 Å². The lowest BCUT2D eigenvalue weighted by atomic mass is 9.93. The third kappa shape index (κ3) is 5.26. The molecule has 2 aromatic rings. The summed E-state index contributed by atoms with van der Waals surface area (Å²) in [7, 11) is 0. The van der Waals surface area contributed by atoms with Crippen LogP contribution in [0.1, 0.15) is 65.1 Å². The van der Waals surface area contributed by atoms with Crippen molar-refractivity contribution in [2.24, 2.45) is 5.41 Å². The van der Waals surface area contributed by atoms with Gasteiger partial charge < -0.3 is 25.4 Å². The smallest absolute Gasteiger partial charge is 0.255 e. The first-order valence-corrected chi connectivity index (χ1v) is 12.0. The van der Waals surface area contributed by atoms with Crippen molar-refractivity contribution >= 4 is 11.8 Å². The number of fused-ring (bicyclic) bond motifs is 2. The van der Waals surface area contributed by atoms with Gasteiger partial charge in [-0.25, -0.2) is 0 Å². The van der Waals surface area contributed by atoms with E-state index in [1.165, 1.54) is 11.1 Å². The minimum atomic E-state index is -0.730. The normalized spacial score (nSPS) is 18.3. The molecule has 3 N–H and O–H groups in total. The number of nitrogens with zero attached hydrogens (tertiary/aromatic N) is 1. The molecule has 0 radical (unpaired) electrons. The topological polar surface area (TPSA) is 90.9 Å². The fourth-order valence-corrected chi connectivity index (χ4v) is 4.74. The Bertz CT molecular complexity index is 1080. The van der Waals surface area contributed by atoms with Gasteiger partial charge in [-0.3, -0.25) is 9.59 Å². The van der Waals surface area contributed by atoms with Gasteiger partial charge in [0.05, 0.1) is 18.3 Å². The molecular formula is C27H35N3O4. The molecule has 2 aliphatic heterocycles. The molecule has 0 aliphatic carbocycles. The highest BCUT2D eigenvalue weighted by Crippen LogP contribution is 2.32. The molecule has 2 aliphatic rings. The monoisotopic (exact) mass is 465 g/mol. The Morgan fingerprint density at radius 1 is 1.24 bits per heavy atom. The number of ether oxygens (including phenoxy) is 1. The lowest BCUT2D eigenvalue weighted by molar-refractivity contribution is 0.0719. The fraction of sp³-hybridized carbons (Fsp3) is 0.481. The predicted octanol–water partition coefficient (Wildman–Crippen LogP) is 2.89. The van der Waals surface area contributed by atoms with E-state index < -0.39 is 6.10 Å². The van der Waals surface area contributed by atoms with Crippen LogP contribution in [0.25, 0.3) is 0 Å². The van der Waals surface area contributed by atoms with E-state index in [0.717, 1.165) is 5.56 Å². The van der Waals surface area contributed by atoms with Crippen molar-refractivity contribution in [3.05, 3.63) is 64.2 Å². The quantitative estimate of drug-likeness (QED) is 0.585. The first kappa shape index (κ1) is 24.2. The Labute approximate surface area is 201 Å². The number of hydrogen-bond donors (Lipinski definition) is 3. The van der Waals surface area contributed by atoms with Crippen LogP contribution in [0, 0.1) is 5.41 Å². The lowest BCUT2D eigenvalue weighted by Gasteiger charge is -2.30. The molecular weight excluding hydrogens is 430 g/mol. The third-order valence-electron chi connectivity index (χ3n) is 6.34. The zero-order valence-corrected chi connectivity index (χ0v) is 20.5. The van der Waals surface area contributed by atoms with E-state index in [9.17, 15) is 14.7 Å². The molecule has 0 bridgehead atoms. The van der Waals surface area contributed by atoms with E-state index in [1.807, 2.05) is 24.0 Å². The Morgan fingerprint density at radius 2 is 1.97 bits per heavy atom. The van der Waals surface area contributed by atoms with Gasteiger partial charge in [0.1, 0.15) is 5.75 Å². The average molecular weight is 466 g/mol. The first-order chi connectivity index (χ1) is 16.2. The summed E-state index contributed by atoms with van der Waals surface area (Å²) in [6.07, 6.45) is -0.0201. The zero-order valence-electron chi connectivity index (χ0n) is 20.5. The van der Waals surface area contributed by atoms with Crippen molar-refractivity contribution in [1.82, 2.24) is 15.5 Å². The summed E-state index contributed by atoms with van der Waals surface area (Å²) < 4.78 is 5.72. The Hall–Kier alpha value is -2.90. The maximum atomic E-state index is 13.1. The van der Waals surface area contributed by atoms with Crippen LogP contribution in [0.5, 0.6) is 5.75 Å². The Morgan fingerprint density at radius 3 is 2.68 bits per heavy atom. The summed E-state index contributed by atoms with van der Waals surface area (Å²) in [6, 6.07) is 11.5. The van der Waals surface area contributed by atoms with Crippen molar-refractivity contribution in [2.75, 3.05) is 19.7 Å². The average Bonchev–Trinajstić information content (AvgIpc) is 3.09. The first-order valence-electron chi connectivity index (χ1n) is 12.0. The maximum Gasteiger partial charge on any atom is 0.255 e. The van der Waals surface area contributed by atoms with Crippen LogP contribution >= 0.6 is 0 Å². The molecule has 0 spiro atoms. The number of amides is 2. The van der Waals surface area contributed by atoms with Crippen LogP contribution in [-0.4, -0.2) is 53.7 Å². The number of nitrogens with one attached hydrogen (secondary N) is 2. The maximum absolute atomic E-state index is 13.1. The molecule has 182 valence electrons. The summed E-state index contributed by atoms with van der Waals surface area (Å²) in [6.45, 7) is 10.4. The van der Waals surface area contributed by atoms with Crippen molar-refractivity contribution < 1.29 is 19.4 Å². The molecule has 34 heavy (non-hydrogen) atoms. The van der Waals surface area contributed by atoms with Gasteiger partial charge in [-0.05, 0) is 47.6 Å². The minimum absolute atomic E-state index is 0.0233. The highest BCUT2D eigenvalue weighted by molar-refractivity contribution is 6.03. The minimum Gasteiger partial charge on any atom is -0.493 e. The molecule has 2 aromatic carbocycles. The van der Waals surface area contributed by atoms with Crippen molar-refractivity contribution in [1.29, 1.82) is 0 Å². The number of carbonyl (C=O) groups excluding carboxylic acids is 2. The van der Waals surface area contributed by atoms with Crippen LogP contribution in [0.2, 0.25) is 0 Å². The van der Waals surface area contributed by atoms with Crippen molar-refractivity contribution in [3.8, 4) is 5.75 Å². The lowest BCUT2D eigenvalue weighted by Crippen LogP contribution is -2.49. The summed E-state index contributed by atoms with van der Waals surface area (Å²) >= 11 is 0. The molecule has 0 saturated carbocycles. The van der Waals surface area contributed by atoms with Crippen LogP contribution in [-0.2, 0) is 19.5 Å². The van der Waals surface area contributed by atoms with Gasteiger partial charge in [-0.1, -0.05) is 45.0 Å². The second-order valence-corrected chi connectivity index (χ2v) is 10.4. The number of aliphatic hydroxyl groups excluding tert-OH is 1. The largest absolute Gasteiger partial charge is 0.493 e. The van der Waals surface area contributed by atoms with E-state index in [0.29, 0.717) is 49.5 Å². The summed E-state index contributed by atoms with van der Waals surface area (Å²) in [4.78, 5) is 27.8. The SMILES string of the molecule is CCOc1cc2c(cc1C(=O)NCC(O)C1Cc3ccccc3CN1)CN(CC(C)(C)C)C2=O. The number of aliphatic hydroxyl groups is 1. The van der Waals surface area contributed by atoms with E-state index in [-0.39, 0.29) is 29.8 Å².